The summed E-state index contributed by atoms with van der Waals surface area (Å²) in [6.07, 6.45) is 6.47. The predicted octanol–water partition coefficient (Wildman–Crippen LogP) is 6.42. The molecule has 1 aliphatic heterocycles. The van der Waals surface area contributed by atoms with E-state index in [0.29, 0.717) is 19.8 Å². The third-order valence-electron chi connectivity index (χ3n) is 5.31. The van der Waals surface area contributed by atoms with Gasteiger partial charge in [-0.1, -0.05) is 37.3 Å². The number of benzene rings is 2. The summed E-state index contributed by atoms with van der Waals surface area (Å²) < 4.78 is 45.1. The average molecular weight is 417 g/mol. The second kappa shape index (κ2) is 11.1. The molecule has 1 heterocycles. The molecule has 1 saturated heterocycles. The zero-order valence-corrected chi connectivity index (χ0v) is 17.5. The lowest BCUT2D eigenvalue weighted by Gasteiger charge is -2.29. The molecular formula is C25H30F2O3. The highest BCUT2D eigenvalue weighted by Gasteiger charge is 2.24. The number of rotatable bonds is 10. The van der Waals surface area contributed by atoms with Gasteiger partial charge in [0.25, 0.3) is 0 Å². The first-order valence-electron chi connectivity index (χ1n) is 10.7. The van der Waals surface area contributed by atoms with Gasteiger partial charge in [-0.2, -0.15) is 8.78 Å². The fourth-order valence-corrected chi connectivity index (χ4v) is 3.52. The molecule has 1 aliphatic rings. The largest absolute Gasteiger partial charge is 0.490 e. The van der Waals surface area contributed by atoms with Crippen molar-refractivity contribution < 1.29 is 23.0 Å². The Morgan fingerprint density at radius 3 is 2.33 bits per heavy atom. The highest BCUT2D eigenvalue weighted by atomic mass is 19.2. The van der Waals surface area contributed by atoms with Crippen LogP contribution in [0.1, 0.15) is 49.8 Å². The monoisotopic (exact) mass is 416 g/mol. The number of ether oxygens (including phenoxy) is 3. The number of aryl methyl sites for hydroxylation is 1. The molecule has 2 unspecified atom stereocenters. The van der Waals surface area contributed by atoms with Crippen molar-refractivity contribution in [1.29, 1.82) is 0 Å². The Labute approximate surface area is 177 Å². The predicted molar refractivity (Wildman–Crippen MR) is 114 cm³/mol. The second-order valence-electron chi connectivity index (χ2n) is 7.68. The summed E-state index contributed by atoms with van der Waals surface area (Å²) in [5, 5.41) is 0. The summed E-state index contributed by atoms with van der Waals surface area (Å²) in [4.78, 5) is 0. The highest BCUT2D eigenvalue weighted by Crippen LogP contribution is 2.32. The average Bonchev–Trinajstić information content (AvgIpc) is 2.79. The van der Waals surface area contributed by atoms with Gasteiger partial charge in [-0.3, -0.25) is 0 Å². The van der Waals surface area contributed by atoms with E-state index in [1.165, 1.54) is 23.3 Å². The molecule has 0 spiro atoms. The van der Waals surface area contributed by atoms with Crippen LogP contribution in [0.4, 0.5) is 8.78 Å². The van der Waals surface area contributed by atoms with Gasteiger partial charge in [0.1, 0.15) is 0 Å². The van der Waals surface area contributed by atoms with Gasteiger partial charge in [-0.05, 0) is 55.4 Å². The molecule has 0 radical (unpaired) electrons. The number of hydrogen-bond donors (Lipinski definition) is 0. The molecule has 0 amide bonds. The van der Waals surface area contributed by atoms with Crippen molar-refractivity contribution in [3.05, 3.63) is 71.8 Å². The second-order valence-corrected chi connectivity index (χ2v) is 7.68. The van der Waals surface area contributed by atoms with Gasteiger partial charge in [0.05, 0.1) is 25.9 Å². The Balaban J connectivity index is 1.48. The van der Waals surface area contributed by atoms with Gasteiger partial charge < -0.3 is 14.2 Å². The number of halogens is 2. The van der Waals surface area contributed by atoms with Crippen LogP contribution in [0.5, 0.6) is 11.5 Å². The molecule has 0 aliphatic carbocycles. The van der Waals surface area contributed by atoms with E-state index in [1.807, 2.05) is 13.0 Å². The summed E-state index contributed by atoms with van der Waals surface area (Å²) in [5.74, 6) is -2.03. The lowest BCUT2D eigenvalue weighted by molar-refractivity contribution is -0.0289. The van der Waals surface area contributed by atoms with Gasteiger partial charge >= 0.3 is 0 Å². The molecule has 162 valence electrons. The molecule has 3 rings (SSSR count). The van der Waals surface area contributed by atoms with Crippen LogP contribution in [-0.4, -0.2) is 19.8 Å². The van der Waals surface area contributed by atoms with Crippen LogP contribution in [0.15, 0.2) is 49.1 Å². The molecule has 2 aromatic carbocycles. The Kier molecular flexibility index (Phi) is 8.26. The van der Waals surface area contributed by atoms with Crippen molar-refractivity contribution in [3.63, 3.8) is 0 Å². The van der Waals surface area contributed by atoms with Gasteiger partial charge in [0.15, 0.2) is 11.5 Å². The molecule has 2 aromatic rings. The molecular weight excluding hydrogens is 386 g/mol. The van der Waals surface area contributed by atoms with Crippen molar-refractivity contribution >= 4 is 0 Å². The third kappa shape index (κ3) is 5.82. The van der Waals surface area contributed by atoms with E-state index in [0.717, 1.165) is 32.1 Å². The smallest absolute Gasteiger partial charge is 0.204 e. The van der Waals surface area contributed by atoms with Gasteiger partial charge in [-0.25, -0.2) is 0 Å². The lowest BCUT2D eigenvalue weighted by atomic mass is 9.94. The van der Waals surface area contributed by atoms with Gasteiger partial charge in [0, 0.05) is 5.92 Å². The fourth-order valence-electron chi connectivity index (χ4n) is 3.52. The first-order chi connectivity index (χ1) is 14.6. The maximum Gasteiger partial charge on any atom is 0.204 e. The van der Waals surface area contributed by atoms with Crippen LogP contribution >= 0.6 is 0 Å². The third-order valence-corrected chi connectivity index (χ3v) is 5.31. The Morgan fingerprint density at radius 1 is 1.03 bits per heavy atom. The molecule has 3 nitrogen and oxygen atoms in total. The summed E-state index contributed by atoms with van der Waals surface area (Å²) in [7, 11) is 0. The molecule has 0 saturated carbocycles. The van der Waals surface area contributed by atoms with Crippen molar-refractivity contribution in [3.8, 4) is 11.5 Å². The summed E-state index contributed by atoms with van der Waals surface area (Å²) in [6, 6.07) is 11.4. The first kappa shape index (κ1) is 22.3. The van der Waals surface area contributed by atoms with Crippen LogP contribution in [-0.2, 0) is 11.2 Å². The zero-order chi connectivity index (χ0) is 21.3. The molecule has 2 atom stereocenters. The standard InChI is InChI=1S/C25H30F2O3/c1-3-5-6-18-7-10-20(11-8-18)21-12-9-19(16-29-21)17-30-23-14-13-22(28-15-4-2)24(26)25(23)27/h3,7-8,10-11,13-14,19,21H,1,4-6,9,12,15-17H2,2H3. The minimum Gasteiger partial charge on any atom is -0.490 e. The van der Waals surface area contributed by atoms with E-state index in [1.54, 1.807) is 0 Å². The topological polar surface area (TPSA) is 27.7 Å². The molecule has 0 aromatic heterocycles. The molecule has 30 heavy (non-hydrogen) atoms. The molecule has 0 bridgehead atoms. The van der Waals surface area contributed by atoms with E-state index in [2.05, 4.69) is 30.8 Å². The minimum absolute atomic E-state index is 0.0684. The summed E-state index contributed by atoms with van der Waals surface area (Å²) in [6.45, 7) is 6.83. The van der Waals surface area contributed by atoms with E-state index < -0.39 is 11.6 Å². The SMILES string of the molecule is C=CCCc1ccc(C2CCC(COc3ccc(OCCC)c(F)c3F)CO2)cc1. The van der Waals surface area contributed by atoms with Gasteiger partial charge in [0.2, 0.25) is 11.6 Å². The van der Waals surface area contributed by atoms with Crippen molar-refractivity contribution in [2.45, 2.75) is 45.1 Å². The van der Waals surface area contributed by atoms with E-state index in [9.17, 15) is 8.78 Å². The van der Waals surface area contributed by atoms with Crippen LogP contribution in [0.2, 0.25) is 0 Å². The Bertz CT molecular complexity index is 812. The summed E-state index contributed by atoms with van der Waals surface area (Å²) in [5.41, 5.74) is 2.47. The first-order valence-corrected chi connectivity index (χ1v) is 10.7. The van der Waals surface area contributed by atoms with Crippen molar-refractivity contribution in [2.75, 3.05) is 19.8 Å². The van der Waals surface area contributed by atoms with Crippen molar-refractivity contribution in [1.82, 2.24) is 0 Å². The summed E-state index contributed by atoms with van der Waals surface area (Å²) >= 11 is 0. The maximum atomic E-state index is 14.2. The van der Waals surface area contributed by atoms with Gasteiger partial charge in [-0.15, -0.1) is 6.58 Å². The Hall–Kier alpha value is -2.40. The molecule has 5 heteroatoms. The van der Waals surface area contributed by atoms with E-state index in [4.69, 9.17) is 14.2 Å². The fraction of sp³-hybridized carbons (Fsp3) is 0.440. The number of allylic oxidation sites excluding steroid dienone is 1. The zero-order valence-electron chi connectivity index (χ0n) is 17.5. The van der Waals surface area contributed by atoms with Crippen LogP contribution in [0, 0.1) is 17.6 Å². The number of hydrogen-bond acceptors (Lipinski definition) is 3. The Morgan fingerprint density at radius 2 is 1.73 bits per heavy atom. The van der Waals surface area contributed by atoms with Crippen LogP contribution in [0.3, 0.4) is 0 Å². The lowest BCUT2D eigenvalue weighted by Crippen LogP contribution is -2.25. The quantitative estimate of drug-likeness (QED) is 0.418. The maximum absolute atomic E-state index is 14.2. The van der Waals surface area contributed by atoms with Crippen LogP contribution in [0.25, 0.3) is 0 Å². The normalized spacial score (nSPS) is 18.8. The highest BCUT2D eigenvalue weighted by molar-refractivity contribution is 5.35. The van der Waals surface area contributed by atoms with Crippen LogP contribution < -0.4 is 9.47 Å². The van der Waals surface area contributed by atoms with E-state index in [-0.39, 0.29) is 23.5 Å². The van der Waals surface area contributed by atoms with E-state index >= 15 is 0 Å². The minimum atomic E-state index is -1.00. The van der Waals surface area contributed by atoms with Crippen molar-refractivity contribution in [2.24, 2.45) is 5.92 Å². The molecule has 1 fully saturated rings. The molecule has 0 N–H and O–H groups in total.